The molecule has 2 aliphatic rings. The minimum absolute atomic E-state index is 0.134. The quantitative estimate of drug-likeness (QED) is 0.631. The van der Waals surface area contributed by atoms with Gasteiger partial charge in [-0.15, -0.1) is 0 Å². The third kappa shape index (κ3) is 5.80. The van der Waals surface area contributed by atoms with Gasteiger partial charge in [0.1, 0.15) is 0 Å². The minimum atomic E-state index is -3.56. The average Bonchev–Trinajstić information content (AvgIpc) is 2.70. The van der Waals surface area contributed by atoms with Gasteiger partial charge < -0.3 is 4.74 Å². The first-order chi connectivity index (χ1) is 13.9. The standard InChI is InChI=1S/C22H34N2O4S/c1-3-28-22(25)15-20-17-24(29(26,27)21-11-9-18(2)10-12-21)14-13-23(20)16-19-7-5-4-6-8-19/h9-12,19-20H,3-8,13-17H2,1-2H3. The van der Waals surface area contributed by atoms with Crippen LogP contribution in [0.5, 0.6) is 0 Å². The highest BCUT2D eigenvalue weighted by molar-refractivity contribution is 7.89. The molecule has 3 rings (SSSR count). The number of sulfonamides is 1. The lowest BCUT2D eigenvalue weighted by Crippen LogP contribution is -2.56. The van der Waals surface area contributed by atoms with E-state index in [1.807, 2.05) is 19.1 Å². The number of ether oxygens (including phenoxy) is 1. The predicted molar refractivity (Wildman–Crippen MR) is 113 cm³/mol. The van der Waals surface area contributed by atoms with Gasteiger partial charge in [0.05, 0.1) is 17.9 Å². The zero-order chi connectivity index (χ0) is 20.9. The average molecular weight is 423 g/mol. The van der Waals surface area contributed by atoms with E-state index in [-0.39, 0.29) is 18.4 Å². The van der Waals surface area contributed by atoms with E-state index in [0.717, 1.165) is 12.1 Å². The fourth-order valence-electron chi connectivity index (χ4n) is 4.49. The molecule has 29 heavy (non-hydrogen) atoms. The molecule has 7 heteroatoms. The third-order valence-corrected chi connectivity index (χ3v) is 8.03. The summed E-state index contributed by atoms with van der Waals surface area (Å²) in [6.07, 6.45) is 6.55. The normalized spacial score (nSPS) is 22.5. The molecule has 0 spiro atoms. The van der Waals surface area contributed by atoms with Crippen LogP contribution in [0.3, 0.4) is 0 Å². The summed E-state index contributed by atoms with van der Waals surface area (Å²) in [4.78, 5) is 14.8. The lowest BCUT2D eigenvalue weighted by atomic mass is 9.88. The van der Waals surface area contributed by atoms with Crippen LogP contribution in [-0.4, -0.2) is 62.4 Å². The lowest BCUT2D eigenvalue weighted by Gasteiger charge is -2.42. The minimum Gasteiger partial charge on any atom is -0.466 e. The maximum absolute atomic E-state index is 13.1. The van der Waals surface area contributed by atoms with Crippen LogP contribution in [0, 0.1) is 12.8 Å². The van der Waals surface area contributed by atoms with Crippen molar-refractivity contribution in [3.63, 3.8) is 0 Å². The second kappa shape index (κ2) is 10.0. The van der Waals surface area contributed by atoms with Crippen LogP contribution in [-0.2, 0) is 19.6 Å². The van der Waals surface area contributed by atoms with Gasteiger partial charge in [-0.25, -0.2) is 8.42 Å². The van der Waals surface area contributed by atoms with E-state index in [0.29, 0.717) is 37.1 Å². The second-order valence-corrected chi connectivity index (χ2v) is 10.3. The number of aryl methyl sites for hydroxylation is 1. The summed E-state index contributed by atoms with van der Waals surface area (Å²) < 4.78 is 33.0. The molecular weight excluding hydrogens is 388 g/mol. The van der Waals surface area contributed by atoms with Gasteiger partial charge in [-0.2, -0.15) is 4.31 Å². The van der Waals surface area contributed by atoms with E-state index in [1.165, 1.54) is 32.1 Å². The molecule has 1 aliphatic heterocycles. The summed E-state index contributed by atoms with van der Waals surface area (Å²) in [6.45, 7) is 6.49. The Morgan fingerprint density at radius 2 is 1.79 bits per heavy atom. The zero-order valence-corrected chi connectivity index (χ0v) is 18.5. The van der Waals surface area contributed by atoms with Crippen LogP contribution >= 0.6 is 0 Å². The van der Waals surface area contributed by atoms with Crippen LogP contribution in [0.25, 0.3) is 0 Å². The van der Waals surface area contributed by atoms with Gasteiger partial charge in [-0.1, -0.05) is 37.0 Å². The van der Waals surface area contributed by atoms with Crippen molar-refractivity contribution < 1.29 is 17.9 Å². The fraction of sp³-hybridized carbons (Fsp3) is 0.682. The molecule has 1 saturated heterocycles. The lowest BCUT2D eigenvalue weighted by molar-refractivity contribution is -0.145. The third-order valence-electron chi connectivity index (χ3n) is 6.15. The predicted octanol–water partition coefficient (Wildman–Crippen LogP) is 3.20. The van der Waals surface area contributed by atoms with Gasteiger partial charge in [0, 0.05) is 32.2 Å². The smallest absolute Gasteiger partial charge is 0.307 e. The molecule has 0 bridgehead atoms. The first kappa shape index (κ1) is 22.2. The molecule has 1 saturated carbocycles. The molecule has 1 aromatic rings. The molecule has 0 amide bonds. The Balaban J connectivity index is 1.73. The Bertz CT molecular complexity index is 773. The van der Waals surface area contributed by atoms with Gasteiger partial charge >= 0.3 is 5.97 Å². The molecule has 0 N–H and O–H groups in total. The number of carbonyl (C=O) groups excluding carboxylic acids is 1. The summed E-state index contributed by atoms with van der Waals surface area (Å²) >= 11 is 0. The number of hydrogen-bond acceptors (Lipinski definition) is 5. The van der Waals surface area contributed by atoms with E-state index in [2.05, 4.69) is 4.90 Å². The largest absolute Gasteiger partial charge is 0.466 e. The first-order valence-corrected chi connectivity index (χ1v) is 12.3. The van der Waals surface area contributed by atoms with E-state index in [1.54, 1.807) is 23.4 Å². The number of piperazine rings is 1. The van der Waals surface area contributed by atoms with Crippen molar-refractivity contribution in [2.45, 2.75) is 63.3 Å². The van der Waals surface area contributed by atoms with Crippen molar-refractivity contribution in [1.29, 1.82) is 0 Å². The molecule has 1 aliphatic carbocycles. The summed E-state index contributed by atoms with van der Waals surface area (Å²) in [6, 6.07) is 6.84. The van der Waals surface area contributed by atoms with Crippen LogP contribution < -0.4 is 0 Å². The molecular formula is C22H34N2O4S. The first-order valence-electron chi connectivity index (χ1n) is 10.9. The summed E-state index contributed by atoms with van der Waals surface area (Å²) in [5, 5.41) is 0. The van der Waals surface area contributed by atoms with Crippen LogP contribution in [0.4, 0.5) is 0 Å². The van der Waals surface area contributed by atoms with Gasteiger partial charge in [0.2, 0.25) is 10.0 Å². The maximum Gasteiger partial charge on any atom is 0.307 e. The highest BCUT2D eigenvalue weighted by Crippen LogP contribution is 2.28. The number of hydrogen-bond donors (Lipinski definition) is 0. The molecule has 1 heterocycles. The monoisotopic (exact) mass is 422 g/mol. The number of esters is 1. The van der Waals surface area contributed by atoms with Crippen molar-refractivity contribution in [3.8, 4) is 0 Å². The number of carbonyl (C=O) groups is 1. The SMILES string of the molecule is CCOC(=O)CC1CN(S(=O)(=O)c2ccc(C)cc2)CCN1CC1CCCCC1. The van der Waals surface area contributed by atoms with Crippen molar-refractivity contribution in [2.24, 2.45) is 5.92 Å². The molecule has 0 aromatic heterocycles. The molecule has 162 valence electrons. The second-order valence-electron chi connectivity index (χ2n) is 8.34. The van der Waals surface area contributed by atoms with E-state index >= 15 is 0 Å². The maximum atomic E-state index is 13.1. The van der Waals surface area contributed by atoms with Gasteiger partial charge in [0.25, 0.3) is 0 Å². The van der Waals surface area contributed by atoms with Crippen molar-refractivity contribution in [3.05, 3.63) is 29.8 Å². The van der Waals surface area contributed by atoms with Gasteiger partial charge in [0.15, 0.2) is 0 Å². The van der Waals surface area contributed by atoms with E-state index < -0.39 is 10.0 Å². The Morgan fingerprint density at radius 1 is 1.10 bits per heavy atom. The topological polar surface area (TPSA) is 66.9 Å². The number of nitrogens with zero attached hydrogens (tertiary/aromatic N) is 2. The van der Waals surface area contributed by atoms with Crippen molar-refractivity contribution >= 4 is 16.0 Å². The zero-order valence-electron chi connectivity index (χ0n) is 17.7. The molecule has 1 atom stereocenters. The summed E-state index contributed by atoms with van der Waals surface area (Å²) in [5.74, 6) is 0.398. The molecule has 1 unspecified atom stereocenters. The summed E-state index contributed by atoms with van der Waals surface area (Å²) in [5.41, 5.74) is 1.03. The molecule has 6 nitrogen and oxygen atoms in total. The Hall–Kier alpha value is -1.44. The number of rotatable bonds is 7. The molecule has 2 fully saturated rings. The van der Waals surface area contributed by atoms with E-state index in [9.17, 15) is 13.2 Å². The Morgan fingerprint density at radius 3 is 2.45 bits per heavy atom. The molecule has 0 radical (unpaired) electrons. The van der Waals surface area contributed by atoms with Crippen molar-refractivity contribution in [2.75, 3.05) is 32.8 Å². The fourth-order valence-corrected chi connectivity index (χ4v) is 5.96. The van der Waals surface area contributed by atoms with E-state index in [4.69, 9.17) is 4.74 Å². The van der Waals surface area contributed by atoms with Crippen LogP contribution in [0.1, 0.15) is 51.0 Å². The Labute approximate surface area is 175 Å². The number of benzene rings is 1. The Kier molecular flexibility index (Phi) is 7.71. The summed E-state index contributed by atoms with van der Waals surface area (Å²) in [7, 11) is -3.56. The van der Waals surface area contributed by atoms with Gasteiger partial charge in [-0.05, 0) is 44.7 Å². The van der Waals surface area contributed by atoms with Crippen LogP contribution in [0.15, 0.2) is 29.2 Å². The van der Waals surface area contributed by atoms with Crippen LogP contribution in [0.2, 0.25) is 0 Å². The highest BCUT2D eigenvalue weighted by atomic mass is 32.2. The highest BCUT2D eigenvalue weighted by Gasteiger charge is 2.36. The van der Waals surface area contributed by atoms with Gasteiger partial charge in [-0.3, -0.25) is 9.69 Å². The molecule has 1 aromatic carbocycles. The van der Waals surface area contributed by atoms with Crippen molar-refractivity contribution in [1.82, 2.24) is 9.21 Å².